The fraction of sp³-hybridized carbons (Fsp3) is 0.111. The SMILES string of the molecule is NC(N)=NCC(=O)c1cc([N+](=O)[O-])ccc1F. The lowest BCUT2D eigenvalue weighted by Crippen LogP contribution is -2.24. The van der Waals surface area contributed by atoms with Crippen molar-refractivity contribution in [1.82, 2.24) is 0 Å². The van der Waals surface area contributed by atoms with Gasteiger partial charge in [0, 0.05) is 12.1 Å². The average Bonchev–Trinajstić information content (AvgIpc) is 2.26. The molecule has 0 saturated heterocycles. The molecule has 1 rings (SSSR count). The fourth-order valence-electron chi connectivity index (χ4n) is 1.09. The van der Waals surface area contributed by atoms with Crippen LogP contribution in [0.15, 0.2) is 23.2 Å². The van der Waals surface area contributed by atoms with Crippen molar-refractivity contribution < 1.29 is 14.1 Å². The number of nitrogens with two attached hydrogens (primary N) is 2. The van der Waals surface area contributed by atoms with Crippen LogP contribution < -0.4 is 11.5 Å². The number of nitro groups is 1. The van der Waals surface area contributed by atoms with E-state index in [0.29, 0.717) is 0 Å². The molecule has 1 aromatic carbocycles. The third kappa shape index (κ3) is 3.23. The highest BCUT2D eigenvalue weighted by Crippen LogP contribution is 2.17. The van der Waals surface area contributed by atoms with Crippen LogP contribution in [0, 0.1) is 15.9 Å². The number of halogens is 1. The zero-order chi connectivity index (χ0) is 13.0. The standard InChI is InChI=1S/C9H9FN4O3/c10-7-2-1-5(14(16)17)3-6(7)8(15)4-13-9(11)12/h1-3H,4H2,(H4,11,12,13). The van der Waals surface area contributed by atoms with Gasteiger partial charge in [0.15, 0.2) is 11.7 Å². The molecule has 8 heteroatoms. The molecule has 0 aromatic heterocycles. The Hall–Kier alpha value is -2.51. The summed E-state index contributed by atoms with van der Waals surface area (Å²) in [5.41, 5.74) is 9.23. The smallest absolute Gasteiger partial charge is 0.270 e. The van der Waals surface area contributed by atoms with E-state index in [1.165, 1.54) is 0 Å². The van der Waals surface area contributed by atoms with Crippen LogP contribution in [0.3, 0.4) is 0 Å². The van der Waals surface area contributed by atoms with Gasteiger partial charge in [0.1, 0.15) is 12.4 Å². The first kappa shape index (κ1) is 12.6. The number of benzene rings is 1. The number of hydrogen-bond donors (Lipinski definition) is 2. The molecule has 0 spiro atoms. The molecule has 0 aliphatic rings. The van der Waals surface area contributed by atoms with Crippen LogP contribution in [-0.2, 0) is 0 Å². The molecule has 0 amide bonds. The van der Waals surface area contributed by atoms with Crippen LogP contribution in [-0.4, -0.2) is 23.2 Å². The van der Waals surface area contributed by atoms with Crippen molar-refractivity contribution in [2.45, 2.75) is 0 Å². The second-order valence-electron chi connectivity index (χ2n) is 3.09. The summed E-state index contributed by atoms with van der Waals surface area (Å²) in [6, 6.07) is 2.66. The molecule has 0 unspecified atom stereocenters. The van der Waals surface area contributed by atoms with E-state index in [1.807, 2.05) is 0 Å². The first-order valence-corrected chi connectivity index (χ1v) is 4.44. The fourth-order valence-corrected chi connectivity index (χ4v) is 1.09. The van der Waals surface area contributed by atoms with E-state index in [2.05, 4.69) is 4.99 Å². The zero-order valence-corrected chi connectivity index (χ0v) is 8.59. The van der Waals surface area contributed by atoms with E-state index in [0.717, 1.165) is 18.2 Å². The van der Waals surface area contributed by atoms with Crippen molar-refractivity contribution in [3.63, 3.8) is 0 Å². The minimum atomic E-state index is -0.855. The van der Waals surface area contributed by atoms with E-state index in [1.54, 1.807) is 0 Å². The molecule has 0 aliphatic carbocycles. The van der Waals surface area contributed by atoms with Gasteiger partial charge in [-0.1, -0.05) is 0 Å². The van der Waals surface area contributed by atoms with Crippen LogP contribution in [0.5, 0.6) is 0 Å². The maximum Gasteiger partial charge on any atom is 0.270 e. The van der Waals surface area contributed by atoms with Crippen molar-refractivity contribution in [2.24, 2.45) is 16.5 Å². The minimum Gasteiger partial charge on any atom is -0.370 e. The first-order chi connectivity index (χ1) is 7.91. The van der Waals surface area contributed by atoms with E-state index in [4.69, 9.17) is 11.5 Å². The molecule has 0 saturated carbocycles. The van der Waals surface area contributed by atoms with Gasteiger partial charge in [0.2, 0.25) is 0 Å². The Bertz CT molecular complexity index is 497. The molecule has 0 radical (unpaired) electrons. The summed E-state index contributed by atoms with van der Waals surface area (Å²) in [7, 11) is 0. The molecular formula is C9H9FN4O3. The van der Waals surface area contributed by atoms with Crippen LogP contribution >= 0.6 is 0 Å². The molecule has 0 aliphatic heterocycles. The highest BCUT2D eigenvalue weighted by molar-refractivity contribution is 5.99. The monoisotopic (exact) mass is 240 g/mol. The lowest BCUT2D eigenvalue weighted by molar-refractivity contribution is -0.384. The van der Waals surface area contributed by atoms with Gasteiger partial charge in [-0.2, -0.15) is 0 Å². The molecule has 1 aromatic rings. The molecule has 90 valence electrons. The summed E-state index contributed by atoms with van der Waals surface area (Å²) in [4.78, 5) is 24.6. The van der Waals surface area contributed by atoms with E-state index in [-0.39, 0.29) is 11.6 Å². The van der Waals surface area contributed by atoms with Crippen LogP contribution in [0.1, 0.15) is 10.4 Å². The zero-order valence-electron chi connectivity index (χ0n) is 8.59. The van der Waals surface area contributed by atoms with E-state index >= 15 is 0 Å². The number of nitro benzene ring substituents is 1. The summed E-state index contributed by atoms with van der Waals surface area (Å²) in [6.07, 6.45) is 0. The number of non-ortho nitro benzene ring substituents is 1. The molecule has 0 bridgehead atoms. The molecule has 0 fully saturated rings. The Balaban J connectivity index is 3.04. The van der Waals surface area contributed by atoms with Crippen molar-refractivity contribution in [3.8, 4) is 0 Å². The van der Waals surface area contributed by atoms with Crippen LogP contribution in [0.4, 0.5) is 10.1 Å². The summed E-state index contributed by atoms with van der Waals surface area (Å²) in [6.45, 7) is -0.458. The topological polar surface area (TPSA) is 125 Å². The van der Waals surface area contributed by atoms with E-state index < -0.39 is 28.6 Å². The first-order valence-electron chi connectivity index (χ1n) is 4.44. The Morgan fingerprint density at radius 3 is 2.65 bits per heavy atom. The maximum atomic E-state index is 13.3. The Morgan fingerprint density at radius 1 is 1.47 bits per heavy atom. The number of carbonyl (C=O) groups excluding carboxylic acids is 1. The number of rotatable bonds is 4. The molecule has 17 heavy (non-hydrogen) atoms. The maximum absolute atomic E-state index is 13.3. The number of aliphatic imine (C=N–C) groups is 1. The van der Waals surface area contributed by atoms with Gasteiger partial charge in [-0.3, -0.25) is 14.9 Å². The van der Waals surface area contributed by atoms with Crippen molar-refractivity contribution in [1.29, 1.82) is 0 Å². The molecule has 7 nitrogen and oxygen atoms in total. The van der Waals surface area contributed by atoms with Gasteiger partial charge < -0.3 is 11.5 Å². The second kappa shape index (κ2) is 5.01. The third-order valence-corrected chi connectivity index (χ3v) is 1.87. The number of Topliss-reactive ketones (excluding diaryl/α,β-unsaturated/α-hetero) is 1. The summed E-state index contributed by atoms with van der Waals surface area (Å²) >= 11 is 0. The molecule has 0 atom stereocenters. The summed E-state index contributed by atoms with van der Waals surface area (Å²) < 4.78 is 13.3. The van der Waals surface area contributed by atoms with Crippen LogP contribution in [0.25, 0.3) is 0 Å². The van der Waals surface area contributed by atoms with Gasteiger partial charge in [-0.15, -0.1) is 0 Å². The van der Waals surface area contributed by atoms with Crippen molar-refractivity contribution in [3.05, 3.63) is 39.7 Å². The Kier molecular flexibility index (Phi) is 3.70. The van der Waals surface area contributed by atoms with Gasteiger partial charge in [0.25, 0.3) is 5.69 Å². The van der Waals surface area contributed by atoms with Crippen molar-refractivity contribution in [2.75, 3.05) is 6.54 Å². The minimum absolute atomic E-state index is 0.316. The predicted molar refractivity (Wildman–Crippen MR) is 58.1 cm³/mol. The van der Waals surface area contributed by atoms with Gasteiger partial charge in [-0.25, -0.2) is 9.38 Å². The quantitative estimate of drug-likeness (QED) is 0.255. The lowest BCUT2D eigenvalue weighted by atomic mass is 10.1. The van der Waals surface area contributed by atoms with Crippen LogP contribution in [0.2, 0.25) is 0 Å². The number of nitrogens with zero attached hydrogens (tertiary/aromatic N) is 2. The summed E-state index contributed by atoms with van der Waals surface area (Å²) in [5.74, 6) is -1.91. The highest BCUT2D eigenvalue weighted by Gasteiger charge is 2.16. The third-order valence-electron chi connectivity index (χ3n) is 1.87. The molecule has 4 N–H and O–H groups in total. The Labute approximate surface area is 95.1 Å². The van der Waals surface area contributed by atoms with Gasteiger partial charge >= 0.3 is 0 Å². The van der Waals surface area contributed by atoms with Gasteiger partial charge in [-0.05, 0) is 6.07 Å². The largest absolute Gasteiger partial charge is 0.370 e. The van der Waals surface area contributed by atoms with E-state index in [9.17, 15) is 19.3 Å². The second-order valence-corrected chi connectivity index (χ2v) is 3.09. The lowest BCUT2D eigenvalue weighted by Gasteiger charge is -2.00. The highest BCUT2D eigenvalue weighted by atomic mass is 19.1. The number of hydrogen-bond acceptors (Lipinski definition) is 4. The summed E-state index contributed by atoms with van der Waals surface area (Å²) in [5, 5.41) is 10.5. The van der Waals surface area contributed by atoms with Gasteiger partial charge in [0.05, 0.1) is 10.5 Å². The average molecular weight is 240 g/mol. The van der Waals surface area contributed by atoms with Crippen molar-refractivity contribution >= 4 is 17.4 Å². The number of carbonyl (C=O) groups is 1. The normalized spacial score (nSPS) is 9.71. The molecular weight excluding hydrogens is 231 g/mol. The predicted octanol–water partition coefficient (Wildman–Crippen LogP) is 0.190. The number of ketones is 1. The number of guanidine groups is 1. The molecule has 0 heterocycles. The Morgan fingerprint density at radius 2 is 2.12 bits per heavy atom.